The van der Waals surface area contributed by atoms with E-state index in [1.165, 1.54) is 44.9 Å². The van der Waals surface area contributed by atoms with E-state index in [9.17, 15) is 0 Å². The van der Waals surface area contributed by atoms with Crippen molar-refractivity contribution in [3.05, 3.63) is 0 Å². The molecule has 1 heterocycles. The third-order valence-corrected chi connectivity index (χ3v) is 5.12. The van der Waals surface area contributed by atoms with Gasteiger partial charge in [0.1, 0.15) is 0 Å². The zero-order valence-corrected chi connectivity index (χ0v) is 12.2. The molecule has 2 fully saturated rings. The van der Waals surface area contributed by atoms with Crippen molar-refractivity contribution in [1.29, 1.82) is 0 Å². The zero-order chi connectivity index (χ0) is 13.0. The van der Waals surface area contributed by atoms with Crippen molar-refractivity contribution in [2.45, 2.75) is 75.5 Å². The van der Waals surface area contributed by atoms with Crippen LogP contribution in [0.4, 0.5) is 0 Å². The largest absolute Gasteiger partial charge is 0.378 e. The van der Waals surface area contributed by atoms with Gasteiger partial charge in [-0.15, -0.1) is 0 Å². The summed E-state index contributed by atoms with van der Waals surface area (Å²) in [6, 6.07) is 0.303. The van der Waals surface area contributed by atoms with Gasteiger partial charge in [-0.25, -0.2) is 0 Å². The number of hydrogen-bond donors (Lipinski definition) is 1. The van der Waals surface area contributed by atoms with Gasteiger partial charge in [-0.2, -0.15) is 0 Å². The van der Waals surface area contributed by atoms with Crippen LogP contribution in [0.25, 0.3) is 0 Å². The molecule has 0 spiro atoms. The van der Waals surface area contributed by atoms with E-state index in [0.717, 1.165) is 19.4 Å². The van der Waals surface area contributed by atoms with Crippen molar-refractivity contribution in [3.63, 3.8) is 0 Å². The maximum atomic E-state index is 6.57. The Labute approximate surface area is 112 Å². The number of nitrogens with zero attached hydrogens (tertiary/aromatic N) is 1. The molecule has 1 saturated carbocycles. The predicted octanol–water partition coefficient (Wildman–Crippen LogP) is 2.54. The van der Waals surface area contributed by atoms with Gasteiger partial charge in [-0.1, -0.05) is 19.3 Å². The number of rotatable bonds is 5. The van der Waals surface area contributed by atoms with E-state index >= 15 is 0 Å². The molecule has 3 heteroatoms. The van der Waals surface area contributed by atoms with Crippen LogP contribution < -0.4 is 5.73 Å². The van der Waals surface area contributed by atoms with Crippen LogP contribution in [0, 0.1) is 0 Å². The molecule has 3 nitrogen and oxygen atoms in total. The molecule has 1 aliphatic carbocycles. The smallest absolute Gasteiger partial charge is 0.0576 e. The Morgan fingerprint density at radius 3 is 2.50 bits per heavy atom. The maximum Gasteiger partial charge on any atom is 0.0576 e. The lowest BCUT2D eigenvalue weighted by molar-refractivity contribution is 0.0541. The molecule has 18 heavy (non-hydrogen) atoms. The highest BCUT2D eigenvalue weighted by molar-refractivity contribution is 4.99. The highest BCUT2D eigenvalue weighted by atomic mass is 16.5. The van der Waals surface area contributed by atoms with Crippen LogP contribution in [-0.2, 0) is 4.74 Å². The highest BCUT2D eigenvalue weighted by Gasteiger charge is 2.39. The van der Waals surface area contributed by atoms with E-state index in [0.29, 0.717) is 12.1 Å². The van der Waals surface area contributed by atoms with Gasteiger partial charge >= 0.3 is 0 Å². The molecule has 0 aromatic rings. The van der Waals surface area contributed by atoms with Gasteiger partial charge in [-0.3, -0.25) is 0 Å². The van der Waals surface area contributed by atoms with Crippen LogP contribution in [0.3, 0.4) is 0 Å². The zero-order valence-electron chi connectivity index (χ0n) is 12.2. The Morgan fingerprint density at radius 2 is 1.94 bits per heavy atom. The molecule has 2 atom stereocenters. The molecular formula is C15H30N2O. The highest BCUT2D eigenvalue weighted by Crippen LogP contribution is 2.36. The first kappa shape index (κ1) is 14.3. The van der Waals surface area contributed by atoms with Gasteiger partial charge < -0.3 is 15.4 Å². The Balaban J connectivity index is 1.88. The second-order valence-electron chi connectivity index (χ2n) is 6.38. The summed E-state index contributed by atoms with van der Waals surface area (Å²) in [7, 11) is 4.41. The van der Waals surface area contributed by atoms with E-state index in [4.69, 9.17) is 10.5 Å². The summed E-state index contributed by atoms with van der Waals surface area (Å²) < 4.78 is 5.71. The minimum Gasteiger partial charge on any atom is -0.378 e. The lowest BCUT2D eigenvalue weighted by atomic mass is 9.74. The first-order chi connectivity index (χ1) is 8.65. The van der Waals surface area contributed by atoms with Crippen molar-refractivity contribution < 1.29 is 4.74 Å². The quantitative estimate of drug-likeness (QED) is 0.819. The summed E-state index contributed by atoms with van der Waals surface area (Å²) in [5.74, 6) is 0. The first-order valence-corrected chi connectivity index (χ1v) is 7.70. The summed E-state index contributed by atoms with van der Waals surface area (Å²) in [6.45, 7) is 0.957. The van der Waals surface area contributed by atoms with Crippen molar-refractivity contribution >= 4 is 0 Å². The summed E-state index contributed by atoms with van der Waals surface area (Å²) in [4.78, 5) is 2.40. The minimum atomic E-state index is 0.247. The Morgan fingerprint density at radius 1 is 1.22 bits per heavy atom. The van der Waals surface area contributed by atoms with Crippen molar-refractivity contribution in [2.24, 2.45) is 5.73 Å². The second-order valence-corrected chi connectivity index (χ2v) is 6.38. The van der Waals surface area contributed by atoms with E-state index < -0.39 is 0 Å². The molecule has 2 unspecified atom stereocenters. The number of nitrogens with two attached hydrogens (primary N) is 1. The molecule has 2 N–H and O–H groups in total. The van der Waals surface area contributed by atoms with E-state index in [-0.39, 0.29) is 5.54 Å². The minimum absolute atomic E-state index is 0.247. The van der Waals surface area contributed by atoms with Gasteiger partial charge in [0.15, 0.2) is 0 Å². The van der Waals surface area contributed by atoms with Crippen LogP contribution in [-0.4, -0.2) is 43.3 Å². The average Bonchev–Trinajstić information content (AvgIpc) is 2.89. The number of hydrogen-bond acceptors (Lipinski definition) is 3. The molecular weight excluding hydrogens is 224 g/mol. The van der Waals surface area contributed by atoms with Gasteiger partial charge in [0.2, 0.25) is 0 Å². The maximum absolute atomic E-state index is 6.57. The third kappa shape index (κ3) is 3.06. The Bertz CT molecular complexity index is 243. The molecule has 2 aliphatic rings. The van der Waals surface area contributed by atoms with Crippen LogP contribution in [0.1, 0.15) is 57.8 Å². The normalized spacial score (nSPS) is 29.7. The fourth-order valence-corrected chi connectivity index (χ4v) is 3.82. The first-order valence-electron chi connectivity index (χ1n) is 7.70. The van der Waals surface area contributed by atoms with E-state index in [1.807, 2.05) is 0 Å². The molecule has 2 rings (SSSR count). The molecule has 106 valence electrons. The third-order valence-electron chi connectivity index (χ3n) is 5.12. The van der Waals surface area contributed by atoms with E-state index in [1.54, 1.807) is 0 Å². The summed E-state index contributed by atoms with van der Waals surface area (Å²) in [5.41, 5.74) is 6.81. The lowest BCUT2D eigenvalue weighted by Crippen LogP contribution is -2.58. The average molecular weight is 254 g/mol. The monoisotopic (exact) mass is 254 g/mol. The van der Waals surface area contributed by atoms with Gasteiger partial charge in [-0.05, 0) is 52.6 Å². The van der Waals surface area contributed by atoms with Crippen LogP contribution in [0.5, 0.6) is 0 Å². The van der Waals surface area contributed by atoms with Crippen LogP contribution >= 0.6 is 0 Å². The van der Waals surface area contributed by atoms with Crippen LogP contribution in [0.15, 0.2) is 0 Å². The predicted molar refractivity (Wildman–Crippen MR) is 75.7 cm³/mol. The Kier molecular flexibility index (Phi) is 5.05. The van der Waals surface area contributed by atoms with Crippen molar-refractivity contribution in [2.75, 3.05) is 20.7 Å². The molecule has 0 amide bonds. The van der Waals surface area contributed by atoms with E-state index in [2.05, 4.69) is 19.0 Å². The number of ether oxygens (including phenoxy) is 1. The molecule has 0 aromatic heterocycles. The molecule has 0 bridgehead atoms. The summed E-state index contributed by atoms with van der Waals surface area (Å²) >= 11 is 0. The Hall–Kier alpha value is -0.120. The SMILES string of the molecule is CN(C)C1(C(N)CCC2CCCO2)CCCCC1. The van der Waals surface area contributed by atoms with Crippen molar-refractivity contribution in [1.82, 2.24) is 4.90 Å². The molecule has 0 radical (unpaired) electrons. The standard InChI is InChI=1S/C15H30N2O/c1-17(2)15(10-4-3-5-11-15)14(16)9-8-13-7-6-12-18-13/h13-14H,3-12,16H2,1-2H3. The fourth-order valence-electron chi connectivity index (χ4n) is 3.82. The van der Waals surface area contributed by atoms with Gasteiger partial charge in [0.25, 0.3) is 0 Å². The topological polar surface area (TPSA) is 38.5 Å². The van der Waals surface area contributed by atoms with Gasteiger partial charge in [0, 0.05) is 18.2 Å². The molecule has 1 aliphatic heterocycles. The second kappa shape index (κ2) is 6.36. The summed E-state index contributed by atoms with van der Waals surface area (Å²) in [6.07, 6.45) is 11.8. The molecule has 0 aromatic carbocycles. The molecule has 1 saturated heterocycles. The van der Waals surface area contributed by atoms with Crippen LogP contribution in [0.2, 0.25) is 0 Å². The number of likely N-dealkylation sites (N-methyl/N-ethyl adjacent to an activating group) is 1. The summed E-state index contributed by atoms with van der Waals surface area (Å²) in [5, 5.41) is 0. The fraction of sp³-hybridized carbons (Fsp3) is 1.00. The van der Waals surface area contributed by atoms with Gasteiger partial charge in [0.05, 0.1) is 6.10 Å². The van der Waals surface area contributed by atoms with Crippen molar-refractivity contribution in [3.8, 4) is 0 Å². The lowest BCUT2D eigenvalue weighted by Gasteiger charge is -2.47.